The fourth-order valence-corrected chi connectivity index (χ4v) is 4.34. The highest BCUT2D eigenvalue weighted by molar-refractivity contribution is 6.36. The van der Waals surface area contributed by atoms with Gasteiger partial charge in [-0.15, -0.1) is 0 Å². The van der Waals surface area contributed by atoms with Crippen LogP contribution in [0.15, 0.2) is 36.4 Å². The number of hydrogen-bond donors (Lipinski definition) is 2. The molecule has 7 heteroatoms. The van der Waals surface area contributed by atoms with Crippen LogP contribution >= 0.6 is 0 Å². The van der Waals surface area contributed by atoms with E-state index in [0.29, 0.717) is 29.2 Å². The van der Waals surface area contributed by atoms with Crippen LogP contribution in [0.4, 0.5) is 10.1 Å². The van der Waals surface area contributed by atoms with E-state index in [2.05, 4.69) is 16.7 Å². The number of nitrogens with one attached hydrogen (secondary N) is 2. The number of carbonyl (C=O) groups is 2. The van der Waals surface area contributed by atoms with E-state index in [0.717, 1.165) is 43.4 Å². The number of benzene rings is 2. The van der Waals surface area contributed by atoms with E-state index in [9.17, 15) is 14.0 Å². The molecule has 2 heterocycles. The molecule has 0 saturated heterocycles. The Kier molecular flexibility index (Phi) is 4.78. The first kappa shape index (κ1) is 19.8. The van der Waals surface area contributed by atoms with Crippen molar-refractivity contribution < 1.29 is 23.5 Å². The van der Waals surface area contributed by atoms with Gasteiger partial charge < -0.3 is 20.1 Å². The van der Waals surface area contributed by atoms with Crippen LogP contribution in [0.25, 0.3) is 11.3 Å². The van der Waals surface area contributed by atoms with Crippen molar-refractivity contribution in [2.75, 3.05) is 19.0 Å². The first-order chi connectivity index (χ1) is 15.0. The molecule has 0 atom stereocenters. The lowest BCUT2D eigenvalue weighted by Crippen LogP contribution is -2.40. The Hall–Kier alpha value is -3.19. The molecule has 160 valence electrons. The number of methoxy groups -OCH3 is 1. The summed E-state index contributed by atoms with van der Waals surface area (Å²) in [6.07, 6.45) is 3.40. The number of aryl methyl sites for hydroxylation is 1. The Bertz CT molecular complexity index is 1120. The molecule has 2 aromatic carbocycles. The number of esters is 1. The number of halogens is 1. The SMILES string of the molecule is COC(=O)C1(NCCCc2ccc3c(c2)CO/C3=C2/C(=O)Nc3ccc(F)cc32)CC1. The van der Waals surface area contributed by atoms with Crippen molar-refractivity contribution in [3.8, 4) is 0 Å². The maximum atomic E-state index is 13.8. The minimum Gasteiger partial charge on any atom is -0.487 e. The summed E-state index contributed by atoms with van der Waals surface area (Å²) in [5.41, 5.74) is 4.08. The highest BCUT2D eigenvalue weighted by Crippen LogP contribution is 2.42. The highest BCUT2D eigenvalue weighted by Gasteiger charge is 2.50. The van der Waals surface area contributed by atoms with E-state index in [1.807, 2.05) is 12.1 Å². The molecule has 6 nitrogen and oxygen atoms in total. The average Bonchev–Trinajstić information content (AvgIpc) is 3.35. The minimum absolute atomic E-state index is 0.180. The Morgan fingerprint density at radius 3 is 2.84 bits per heavy atom. The second kappa shape index (κ2) is 7.50. The van der Waals surface area contributed by atoms with Crippen molar-refractivity contribution in [2.24, 2.45) is 0 Å². The summed E-state index contributed by atoms with van der Waals surface area (Å²) in [4.78, 5) is 24.3. The van der Waals surface area contributed by atoms with E-state index in [4.69, 9.17) is 9.47 Å². The zero-order valence-electron chi connectivity index (χ0n) is 17.2. The lowest BCUT2D eigenvalue weighted by Gasteiger charge is -2.14. The quantitative estimate of drug-likeness (QED) is 0.424. The lowest BCUT2D eigenvalue weighted by atomic mass is 9.98. The second-order valence-corrected chi connectivity index (χ2v) is 8.23. The summed E-state index contributed by atoms with van der Waals surface area (Å²) in [6, 6.07) is 10.3. The van der Waals surface area contributed by atoms with Crippen LogP contribution in [0.1, 0.15) is 41.5 Å². The van der Waals surface area contributed by atoms with Gasteiger partial charge in [-0.2, -0.15) is 0 Å². The first-order valence-electron chi connectivity index (χ1n) is 10.4. The van der Waals surface area contributed by atoms with E-state index in [1.165, 1.54) is 24.8 Å². The molecule has 0 spiro atoms. The van der Waals surface area contributed by atoms with Crippen molar-refractivity contribution in [2.45, 2.75) is 37.8 Å². The summed E-state index contributed by atoms with van der Waals surface area (Å²) in [5, 5.41) is 6.10. The van der Waals surface area contributed by atoms with Crippen LogP contribution in [-0.2, 0) is 32.1 Å². The van der Waals surface area contributed by atoms with Gasteiger partial charge in [0, 0.05) is 22.4 Å². The molecular formula is C24H23FN2O4. The van der Waals surface area contributed by atoms with E-state index in [-0.39, 0.29) is 11.9 Å². The molecule has 1 amide bonds. The topological polar surface area (TPSA) is 76.7 Å². The summed E-state index contributed by atoms with van der Waals surface area (Å²) in [5.74, 6) is -0.354. The minimum atomic E-state index is -0.473. The zero-order chi connectivity index (χ0) is 21.6. The van der Waals surface area contributed by atoms with Crippen LogP contribution in [0, 0.1) is 5.82 Å². The predicted molar refractivity (Wildman–Crippen MR) is 113 cm³/mol. The monoisotopic (exact) mass is 422 g/mol. The Morgan fingerprint density at radius 2 is 2.06 bits per heavy atom. The van der Waals surface area contributed by atoms with Crippen LogP contribution in [0.2, 0.25) is 0 Å². The molecule has 2 aliphatic heterocycles. The van der Waals surface area contributed by atoms with Crippen LogP contribution in [0.5, 0.6) is 0 Å². The molecule has 1 saturated carbocycles. The second-order valence-electron chi connectivity index (χ2n) is 8.23. The number of fused-ring (bicyclic) bond motifs is 2. The van der Waals surface area contributed by atoms with Crippen molar-refractivity contribution in [3.63, 3.8) is 0 Å². The molecule has 2 N–H and O–H groups in total. The number of anilines is 1. The van der Waals surface area contributed by atoms with Crippen molar-refractivity contribution >= 4 is 28.9 Å². The summed E-state index contributed by atoms with van der Waals surface area (Å²) >= 11 is 0. The average molecular weight is 422 g/mol. The van der Waals surface area contributed by atoms with Gasteiger partial charge in [-0.1, -0.05) is 18.2 Å². The third-order valence-electron chi connectivity index (χ3n) is 6.17. The largest absolute Gasteiger partial charge is 0.487 e. The molecule has 0 aromatic heterocycles. The Labute approximate surface area is 179 Å². The molecule has 0 unspecified atom stereocenters. The summed E-state index contributed by atoms with van der Waals surface area (Å²) in [6.45, 7) is 1.12. The summed E-state index contributed by atoms with van der Waals surface area (Å²) in [7, 11) is 1.42. The number of carbonyl (C=O) groups excluding carboxylic acids is 2. The number of rotatable bonds is 6. The fraction of sp³-hybridized carbons (Fsp3) is 0.333. The predicted octanol–water partition coefficient (Wildman–Crippen LogP) is 3.40. The Morgan fingerprint density at radius 1 is 1.23 bits per heavy atom. The maximum Gasteiger partial charge on any atom is 0.326 e. The maximum absolute atomic E-state index is 13.8. The van der Waals surface area contributed by atoms with Gasteiger partial charge in [0.25, 0.3) is 5.91 Å². The van der Waals surface area contributed by atoms with Gasteiger partial charge in [0.1, 0.15) is 23.7 Å². The smallest absolute Gasteiger partial charge is 0.326 e. The van der Waals surface area contributed by atoms with E-state index >= 15 is 0 Å². The Balaban J connectivity index is 1.30. The van der Waals surface area contributed by atoms with E-state index < -0.39 is 11.4 Å². The molecule has 0 radical (unpaired) electrons. The van der Waals surface area contributed by atoms with Gasteiger partial charge in [0.05, 0.1) is 12.7 Å². The zero-order valence-corrected chi connectivity index (χ0v) is 17.2. The van der Waals surface area contributed by atoms with Gasteiger partial charge in [-0.05, 0) is 56.0 Å². The van der Waals surface area contributed by atoms with Gasteiger partial charge >= 0.3 is 5.97 Å². The van der Waals surface area contributed by atoms with Crippen LogP contribution in [0.3, 0.4) is 0 Å². The van der Waals surface area contributed by atoms with Gasteiger partial charge in [0.15, 0.2) is 0 Å². The normalized spacial score (nSPS) is 20.0. The van der Waals surface area contributed by atoms with Crippen LogP contribution in [-0.4, -0.2) is 31.1 Å². The lowest BCUT2D eigenvalue weighted by molar-refractivity contribution is -0.144. The van der Waals surface area contributed by atoms with Crippen molar-refractivity contribution in [1.82, 2.24) is 5.32 Å². The summed E-state index contributed by atoms with van der Waals surface area (Å²) < 4.78 is 24.5. The third-order valence-corrected chi connectivity index (χ3v) is 6.17. The molecule has 1 fully saturated rings. The first-order valence-corrected chi connectivity index (χ1v) is 10.4. The number of ether oxygens (including phenoxy) is 2. The van der Waals surface area contributed by atoms with Crippen LogP contribution < -0.4 is 10.6 Å². The third kappa shape index (κ3) is 3.49. The number of hydrogen-bond acceptors (Lipinski definition) is 5. The van der Waals surface area contributed by atoms with Crippen molar-refractivity contribution in [3.05, 3.63) is 64.5 Å². The highest BCUT2D eigenvalue weighted by atomic mass is 19.1. The molecular weight excluding hydrogens is 399 g/mol. The van der Waals surface area contributed by atoms with Crippen molar-refractivity contribution in [1.29, 1.82) is 0 Å². The molecule has 3 aliphatic rings. The molecule has 31 heavy (non-hydrogen) atoms. The fourth-order valence-electron chi connectivity index (χ4n) is 4.34. The van der Waals surface area contributed by atoms with Gasteiger partial charge in [-0.25, -0.2) is 4.39 Å². The molecule has 0 bridgehead atoms. The molecule has 1 aliphatic carbocycles. The van der Waals surface area contributed by atoms with E-state index in [1.54, 1.807) is 6.07 Å². The number of amides is 1. The molecule has 2 aromatic rings. The molecule has 5 rings (SSSR count). The standard InChI is InChI=1S/C24H23FN2O4/c1-30-23(29)24(8-9-24)26-10-2-3-14-4-6-17-15(11-14)13-31-21(17)20-18-12-16(25)5-7-19(18)27-22(20)28/h4-7,11-12,26H,2-3,8-10,13H2,1H3,(H,27,28)/b21-20+. The van der Waals surface area contributed by atoms with Gasteiger partial charge in [-0.3, -0.25) is 9.59 Å². The van der Waals surface area contributed by atoms with Gasteiger partial charge in [0.2, 0.25) is 0 Å².